The van der Waals surface area contributed by atoms with Gasteiger partial charge in [-0.2, -0.15) is 0 Å². The summed E-state index contributed by atoms with van der Waals surface area (Å²) >= 11 is 0. The topological polar surface area (TPSA) is 3.24 Å². The fraction of sp³-hybridized carbons (Fsp3) is 0. The second-order valence-corrected chi connectivity index (χ2v) is 13.7. The molecule has 1 heteroatoms. The Hall–Kier alpha value is -6.96. The normalized spacial score (nSPS) is 11.4. The van der Waals surface area contributed by atoms with Gasteiger partial charge >= 0.3 is 0 Å². The smallest absolute Gasteiger partial charge is 0.0540 e. The molecule has 0 aromatic heterocycles. The third-order valence-electron chi connectivity index (χ3n) is 10.6. The first kappa shape index (κ1) is 30.8. The number of hydrogen-bond acceptors (Lipinski definition) is 1. The minimum atomic E-state index is 1.12. The van der Waals surface area contributed by atoms with Crippen molar-refractivity contribution in [1.82, 2.24) is 0 Å². The molecule has 0 N–H and O–H groups in total. The zero-order valence-corrected chi connectivity index (χ0v) is 29.2. The van der Waals surface area contributed by atoms with Crippen LogP contribution in [0.4, 0.5) is 17.1 Å². The lowest BCUT2D eigenvalue weighted by Gasteiger charge is -2.31. The molecule has 53 heavy (non-hydrogen) atoms. The number of rotatable bonds is 6. The van der Waals surface area contributed by atoms with Gasteiger partial charge in [0.25, 0.3) is 0 Å². The summed E-state index contributed by atoms with van der Waals surface area (Å²) in [5.41, 5.74) is 10.4. The summed E-state index contributed by atoms with van der Waals surface area (Å²) in [6.45, 7) is 0. The number of anilines is 3. The minimum absolute atomic E-state index is 1.12. The maximum atomic E-state index is 2.47. The fourth-order valence-corrected chi connectivity index (χ4v) is 8.11. The molecule has 1 nitrogen and oxygen atoms in total. The first-order chi connectivity index (χ1) is 26.3. The minimum Gasteiger partial charge on any atom is -0.309 e. The Morgan fingerprint density at radius 3 is 1.08 bits per heavy atom. The molecule has 0 heterocycles. The Morgan fingerprint density at radius 1 is 0.226 bits per heavy atom. The lowest BCUT2D eigenvalue weighted by molar-refractivity contribution is 1.28. The maximum absolute atomic E-state index is 2.47. The quantitative estimate of drug-likeness (QED) is 0.159. The first-order valence-corrected chi connectivity index (χ1v) is 18.3. The van der Waals surface area contributed by atoms with Gasteiger partial charge in [-0.15, -0.1) is 0 Å². The van der Waals surface area contributed by atoms with Crippen molar-refractivity contribution < 1.29 is 0 Å². The number of nitrogens with zero attached hydrogens (tertiary/aromatic N) is 1. The van der Waals surface area contributed by atoms with Crippen LogP contribution in [0.3, 0.4) is 0 Å². The Kier molecular flexibility index (Phi) is 7.55. The van der Waals surface area contributed by atoms with E-state index in [9.17, 15) is 0 Å². The van der Waals surface area contributed by atoms with E-state index in [0.717, 1.165) is 17.1 Å². The zero-order chi connectivity index (χ0) is 35.1. The maximum Gasteiger partial charge on any atom is 0.0540 e. The summed E-state index contributed by atoms with van der Waals surface area (Å²) in [6, 6.07) is 77.4. The van der Waals surface area contributed by atoms with Crippen molar-refractivity contribution in [2.24, 2.45) is 0 Å². The highest BCUT2D eigenvalue weighted by Crippen LogP contribution is 2.48. The van der Waals surface area contributed by atoms with Gasteiger partial charge in [-0.3, -0.25) is 0 Å². The van der Waals surface area contributed by atoms with Gasteiger partial charge in [-0.05, 0) is 90.1 Å². The van der Waals surface area contributed by atoms with E-state index >= 15 is 0 Å². The Morgan fingerprint density at radius 2 is 0.585 bits per heavy atom. The molecule has 0 bridgehead atoms. The molecule has 0 saturated heterocycles. The van der Waals surface area contributed by atoms with Crippen LogP contribution in [0.2, 0.25) is 0 Å². The molecule has 0 atom stereocenters. The van der Waals surface area contributed by atoms with E-state index < -0.39 is 0 Å². The van der Waals surface area contributed by atoms with Gasteiger partial charge in [-0.1, -0.05) is 182 Å². The summed E-state index contributed by atoms with van der Waals surface area (Å²) in [5, 5.41) is 10.1. The van der Waals surface area contributed by atoms with Gasteiger partial charge in [0.05, 0.1) is 17.1 Å². The van der Waals surface area contributed by atoms with Crippen molar-refractivity contribution in [2.45, 2.75) is 0 Å². The van der Waals surface area contributed by atoms with Crippen LogP contribution in [0.25, 0.3) is 76.5 Å². The van der Waals surface area contributed by atoms with E-state index in [2.05, 4.69) is 217 Å². The highest BCUT2D eigenvalue weighted by atomic mass is 15.1. The lowest BCUT2D eigenvalue weighted by atomic mass is 9.94. The molecule has 10 aromatic rings. The fourth-order valence-electron chi connectivity index (χ4n) is 8.11. The summed E-state index contributed by atoms with van der Waals surface area (Å²) < 4.78 is 0. The van der Waals surface area contributed by atoms with Crippen LogP contribution < -0.4 is 4.90 Å². The molecule has 0 saturated carbocycles. The molecule has 0 aliphatic rings. The molecule has 0 aliphatic carbocycles. The molecule has 0 aliphatic heterocycles. The first-order valence-electron chi connectivity index (χ1n) is 18.3. The van der Waals surface area contributed by atoms with Crippen molar-refractivity contribution in [3.63, 3.8) is 0 Å². The van der Waals surface area contributed by atoms with Crippen LogP contribution in [0, 0.1) is 0 Å². The summed E-state index contributed by atoms with van der Waals surface area (Å²) in [7, 11) is 0. The van der Waals surface area contributed by atoms with E-state index in [-0.39, 0.29) is 0 Å². The average molecular weight is 674 g/mol. The van der Waals surface area contributed by atoms with Crippen LogP contribution in [0.1, 0.15) is 0 Å². The van der Waals surface area contributed by atoms with E-state index in [1.807, 2.05) is 0 Å². The molecule has 0 amide bonds. The van der Waals surface area contributed by atoms with Gasteiger partial charge in [0.15, 0.2) is 0 Å². The Labute approximate surface area is 309 Å². The molecule has 10 aromatic carbocycles. The molecule has 0 radical (unpaired) electrons. The van der Waals surface area contributed by atoms with Crippen LogP contribution in [-0.2, 0) is 0 Å². The summed E-state index contributed by atoms with van der Waals surface area (Å²) in [4.78, 5) is 2.47. The summed E-state index contributed by atoms with van der Waals surface area (Å²) in [5.74, 6) is 0. The highest BCUT2D eigenvalue weighted by molar-refractivity contribution is 6.10. The van der Waals surface area contributed by atoms with Gasteiger partial charge in [-0.25, -0.2) is 0 Å². The van der Waals surface area contributed by atoms with Gasteiger partial charge < -0.3 is 4.90 Å². The van der Waals surface area contributed by atoms with Crippen molar-refractivity contribution >= 4 is 60.2 Å². The van der Waals surface area contributed by atoms with Crippen molar-refractivity contribution in [1.29, 1.82) is 0 Å². The largest absolute Gasteiger partial charge is 0.309 e. The van der Waals surface area contributed by atoms with E-state index in [1.165, 1.54) is 76.5 Å². The van der Waals surface area contributed by atoms with Crippen molar-refractivity contribution in [3.8, 4) is 33.4 Å². The van der Waals surface area contributed by atoms with Crippen molar-refractivity contribution in [2.75, 3.05) is 4.90 Å². The molecule has 0 fully saturated rings. The van der Waals surface area contributed by atoms with Crippen LogP contribution in [-0.4, -0.2) is 0 Å². The van der Waals surface area contributed by atoms with Crippen molar-refractivity contribution in [3.05, 3.63) is 212 Å². The van der Waals surface area contributed by atoms with Gasteiger partial charge in [0.2, 0.25) is 0 Å². The lowest BCUT2D eigenvalue weighted by Crippen LogP contribution is -2.13. The standard InChI is InChI=1S/C52H35N/c1-2-14-36(15-3-1)47-20-8-11-23-50(47)53(51-24-12-9-21-48(51)41-30-32-45-39(34-41)28-26-37-16-4-6-18-43(37)45)52-25-13-10-22-49(52)42-31-33-46-40(35-42)29-27-38-17-5-7-19-44(38)46/h1-35H. The van der Waals surface area contributed by atoms with E-state index in [1.54, 1.807) is 0 Å². The molecule has 10 rings (SSSR count). The molecular weight excluding hydrogens is 639 g/mol. The van der Waals surface area contributed by atoms with Crippen LogP contribution in [0.15, 0.2) is 212 Å². The van der Waals surface area contributed by atoms with E-state index in [4.69, 9.17) is 0 Å². The monoisotopic (exact) mass is 673 g/mol. The molecule has 0 unspecified atom stereocenters. The molecule has 248 valence electrons. The van der Waals surface area contributed by atoms with Gasteiger partial charge in [0.1, 0.15) is 0 Å². The van der Waals surface area contributed by atoms with E-state index in [0.29, 0.717) is 0 Å². The number of benzene rings is 10. The average Bonchev–Trinajstić information content (AvgIpc) is 3.24. The second-order valence-electron chi connectivity index (χ2n) is 13.7. The van der Waals surface area contributed by atoms with Crippen LogP contribution in [0.5, 0.6) is 0 Å². The zero-order valence-electron chi connectivity index (χ0n) is 29.2. The predicted molar refractivity (Wildman–Crippen MR) is 227 cm³/mol. The Bertz CT molecular complexity index is 2800. The molecule has 0 spiro atoms. The SMILES string of the molecule is c1ccc(-c2ccccc2N(c2ccccc2-c2ccc3c(ccc4ccccc43)c2)c2ccccc2-c2ccc3c(ccc4ccccc43)c2)cc1. The van der Waals surface area contributed by atoms with Crippen LogP contribution >= 0.6 is 0 Å². The second kappa shape index (κ2) is 13.0. The third kappa shape index (κ3) is 5.42. The third-order valence-corrected chi connectivity index (χ3v) is 10.6. The number of hydrogen-bond donors (Lipinski definition) is 0. The number of fused-ring (bicyclic) bond motifs is 6. The van der Waals surface area contributed by atoms with Gasteiger partial charge in [0, 0.05) is 16.7 Å². The molecular formula is C52H35N. The Balaban J connectivity index is 1.21. The predicted octanol–water partition coefficient (Wildman–Crippen LogP) is 14.8. The summed E-state index contributed by atoms with van der Waals surface area (Å²) in [6.07, 6.45) is 0. The number of para-hydroxylation sites is 3. The highest BCUT2D eigenvalue weighted by Gasteiger charge is 2.23.